The quantitative estimate of drug-likeness (QED) is 0.703. The number of thiazole rings is 1. The normalized spacial score (nSPS) is 11.0. The van der Waals surface area contributed by atoms with Crippen LogP contribution in [0.15, 0.2) is 48.5 Å². The summed E-state index contributed by atoms with van der Waals surface area (Å²) >= 11 is 7.45. The molecule has 0 radical (unpaired) electrons. The van der Waals surface area contributed by atoms with Gasteiger partial charge < -0.3 is 4.74 Å². The average molecular weight is 345 g/mol. The molecule has 1 N–H and O–H groups in total. The fraction of sp³-hybridized carbons (Fsp3) is 0.0588. The van der Waals surface area contributed by atoms with E-state index >= 15 is 0 Å². The second kappa shape index (κ2) is 6.81. The first-order valence-electron chi connectivity index (χ1n) is 6.84. The highest BCUT2D eigenvalue weighted by Crippen LogP contribution is 2.34. The van der Waals surface area contributed by atoms with Crippen molar-refractivity contribution < 1.29 is 9.53 Å². The Bertz CT molecular complexity index is 875. The van der Waals surface area contributed by atoms with Gasteiger partial charge >= 0.3 is 0 Å². The van der Waals surface area contributed by atoms with Crippen LogP contribution in [-0.2, 0) is 4.79 Å². The van der Waals surface area contributed by atoms with E-state index in [2.05, 4.69) is 10.3 Å². The van der Waals surface area contributed by atoms with Crippen LogP contribution in [0.1, 0.15) is 5.56 Å². The Hall–Kier alpha value is -2.37. The molecule has 1 heterocycles. The molecule has 4 nitrogen and oxygen atoms in total. The van der Waals surface area contributed by atoms with Gasteiger partial charge in [0.05, 0.1) is 22.3 Å². The van der Waals surface area contributed by atoms with Crippen LogP contribution < -0.4 is 10.1 Å². The van der Waals surface area contributed by atoms with Gasteiger partial charge in [0.15, 0.2) is 5.13 Å². The first-order valence-corrected chi connectivity index (χ1v) is 8.03. The molecule has 0 spiro atoms. The number of hydrogen-bond donors (Lipinski definition) is 1. The van der Waals surface area contributed by atoms with E-state index in [4.69, 9.17) is 16.3 Å². The van der Waals surface area contributed by atoms with Crippen LogP contribution in [0.4, 0.5) is 5.13 Å². The Balaban J connectivity index is 1.76. The lowest BCUT2D eigenvalue weighted by atomic mass is 10.2. The van der Waals surface area contributed by atoms with Crippen molar-refractivity contribution in [1.29, 1.82) is 0 Å². The number of fused-ring (bicyclic) bond motifs is 1. The van der Waals surface area contributed by atoms with Gasteiger partial charge in [0.2, 0.25) is 5.91 Å². The van der Waals surface area contributed by atoms with Crippen LogP contribution in [-0.4, -0.2) is 18.0 Å². The van der Waals surface area contributed by atoms with Gasteiger partial charge in [-0.2, -0.15) is 0 Å². The van der Waals surface area contributed by atoms with Gasteiger partial charge in [0.25, 0.3) is 0 Å². The largest absolute Gasteiger partial charge is 0.495 e. The predicted octanol–water partition coefficient (Wildman–Crippen LogP) is 4.61. The molecule has 23 heavy (non-hydrogen) atoms. The topological polar surface area (TPSA) is 51.2 Å². The highest BCUT2D eigenvalue weighted by Gasteiger charge is 2.10. The SMILES string of the molecule is COc1cc2sc(NC(=O)/C=C/c3ccccc3)nc2cc1Cl. The Morgan fingerprint density at radius 1 is 1.30 bits per heavy atom. The summed E-state index contributed by atoms with van der Waals surface area (Å²) in [4.78, 5) is 16.3. The molecule has 1 amide bonds. The monoisotopic (exact) mass is 344 g/mol. The molecule has 0 aliphatic heterocycles. The van der Waals surface area contributed by atoms with Gasteiger partial charge in [-0.1, -0.05) is 53.3 Å². The number of benzene rings is 2. The molecule has 2 aromatic carbocycles. The van der Waals surface area contributed by atoms with E-state index in [1.54, 1.807) is 19.3 Å². The number of anilines is 1. The molecule has 0 aliphatic carbocycles. The number of methoxy groups -OCH3 is 1. The summed E-state index contributed by atoms with van der Waals surface area (Å²) in [5.74, 6) is 0.357. The Morgan fingerprint density at radius 2 is 2.09 bits per heavy atom. The number of carbonyl (C=O) groups excluding carboxylic acids is 1. The maximum absolute atomic E-state index is 12.0. The third-order valence-electron chi connectivity index (χ3n) is 3.12. The number of nitrogens with one attached hydrogen (secondary N) is 1. The standard InChI is InChI=1S/C17H13ClN2O2S/c1-22-14-10-15-13(9-12(14)18)19-17(23-15)20-16(21)8-7-11-5-3-2-4-6-11/h2-10H,1H3,(H,19,20,21)/b8-7+. The minimum absolute atomic E-state index is 0.231. The van der Waals surface area contributed by atoms with Gasteiger partial charge in [-0.25, -0.2) is 4.98 Å². The molecule has 0 bridgehead atoms. The number of halogens is 1. The number of carbonyl (C=O) groups is 1. The predicted molar refractivity (Wildman–Crippen MR) is 95.3 cm³/mol. The molecule has 6 heteroatoms. The van der Waals surface area contributed by atoms with Crippen molar-refractivity contribution in [1.82, 2.24) is 4.98 Å². The van der Waals surface area contributed by atoms with Crippen molar-refractivity contribution in [2.75, 3.05) is 12.4 Å². The van der Waals surface area contributed by atoms with Gasteiger partial charge in [0, 0.05) is 12.1 Å². The Morgan fingerprint density at radius 3 is 2.83 bits per heavy atom. The zero-order chi connectivity index (χ0) is 16.2. The minimum atomic E-state index is -0.231. The number of nitrogens with zero attached hydrogens (tertiary/aromatic N) is 1. The van der Waals surface area contributed by atoms with Crippen molar-refractivity contribution in [3.05, 3.63) is 59.1 Å². The number of ether oxygens (including phenoxy) is 1. The fourth-order valence-corrected chi connectivity index (χ4v) is 3.14. The summed E-state index contributed by atoms with van der Waals surface area (Å²) in [6, 6.07) is 13.2. The lowest BCUT2D eigenvalue weighted by Crippen LogP contribution is -2.07. The van der Waals surface area contributed by atoms with Gasteiger partial charge in [-0.15, -0.1) is 0 Å². The molecule has 0 fully saturated rings. The highest BCUT2D eigenvalue weighted by atomic mass is 35.5. The van der Waals surface area contributed by atoms with Gasteiger partial charge in [-0.05, 0) is 17.7 Å². The van der Waals surface area contributed by atoms with Crippen molar-refractivity contribution in [3.63, 3.8) is 0 Å². The molecule has 0 saturated heterocycles. The average Bonchev–Trinajstić information content (AvgIpc) is 2.94. The van der Waals surface area contributed by atoms with E-state index in [9.17, 15) is 4.79 Å². The van der Waals surface area contributed by atoms with E-state index in [0.29, 0.717) is 15.9 Å². The summed E-state index contributed by atoms with van der Waals surface area (Å²) < 4.78 is 6.08. The second-order valence-corrected chi connectivity index (χ2v) is 6.14. The molecule has 0 unspecified atom stereocenters. The smallest absolute Gasteiger partial charge is 0.250 e. The van der Waals surface area contributed by atoms with Crippen molar-refractivity contribution in [2.45, 2.75) is 0 Å². The van der Waals surface area contributed by atoms with Crippen LogP contribution >= 0.6 is 22.9 Å². The molecular formula is C17H13ClN2O2S. The minimum Gasteiger partial charge on any atom is -0.495 e. The Labute approximate surface area is 142 Å². The summed E-state index contributed by atoms with van der Waals surface area (Å²) in [5.41, 5.74) is 1.69. The molecular weight excluding hydrogens is 332 g/mol. The number of rotatable bonds is 4. The maximum atomic E-state index is 12.0. The van der Waals surface area contributed by atoms with Crippen LogP contribution in [0.5, 0.6) is 5.75 Å². The lowest BCUT2D eigenvalue weighted by molar-refractivity contribution is -0.111. The first-order chi connectivity index (χ1) is 11.2. The fourth-order valence-electron chi connectivity index (χ4n) is 2.02. The number of hydrogen-bond acceptors (Lipinski definition) is 4. The number of aromatic nitrogens is 1. The first kappa shape index (κ1) is 15.5. The molecule has 1 aromatic heterocycles. The van der Waals surface area contributed by atoms with Crippen molar-refractivity contribution >= 4 is 50.3 Å². The zero-order valence-corrected chi connectivity index (χ0v) is 13.8. The van der Waals surface area contributed by atoms with Crippen LogP contribution in [0.25, 0.3) is 16.3 Å². The van der Waals surface area contributed by atoms with Crippen LogP contribution in [0, 0.1) is 0 Å². The summed E-state index contributed by atoms with van der Waals surface area (Å²) in [5, 5.41) is 3.77. The summed E-state index contributed by atoms with van der Waals surface area (Å²) in [7, 11) is 1.56. The molecule has 3 aromatic rings. The maximum Gasteiger partial charge on any atom is 0.250 e. The zero-order valence-electron chi connectivity index (χ0n) is 12.2. The van der Waals surface area contributed by atoms with Crippen molar-refractivity contribution in [2.24, 2.45) is 0 Å². The third-order valence-corrected chi connectivity index (χ3v) is 4.35. The van der Waals surface area contributed by atoms with E-state index < -0.39 is 0 Å². The van der Waals surface area contributed by atoms with E-state index in [0.717, 1.165) is 15.8 Å². The van der Waals surface area contributed by atoms with Crippen LogP contribution in [0.3, 0.4) is 0 Å². The molecule has 3 rings (SSSR count). The van der Waals surface area contributed by atoms with Crippen molar-refractivity contribution in [3.8, 4) is 5.75 Å². The Kier molecular flexibility index (Phi) is 4.60. The lowest BCUT2D eigenvalue weighted by Gasteiger charge is -2.00. The molecule has 0 saturated carbocycles. The summed E-state index contributed by atoms with van der Waals surface area (Å²) in [6.07, 6.45) is 3.23. The number of amides is 1. The van der Waals surface area contributed by atoms with Gasteiger partial charge in [-0.3, -0.25) is 10.1 Å². The van der Waals surface area contributed by atoms with E-state index in [1.807, 2.05) is 36.4 Å². The molecule has 116 valence electrons. The van der Waals surface area contributed by atoms with Gasteiger partial charge in [0.1, 0.15) is 5.75 Å². The molecule has 0 aliphatic rings. The van der Waals surface area contributed by atoms with E-state index in [-0.39, 0.29) is 5.91 Å². The third kappa shape index (κ3) is 3.70. The molecule has 0 atom stereocenters. The highest BCUT2D eigenvalue weighted by molar-refractivity contribution is 7.22. The second-order valence-electron chi connectivity index (χ2n) is 4.71. The van der Waals surface area contributed by atoms with E-state index in [1.165, 1.54) is 17.4 Å². The van der Waals surface area contributed by atoms with Crippen LogP contribution in [0.2, 0.25) is 5.02 Å². The summed E-state index contributed by atoms with van der Waals surface area (Å²) in [6.45, 7) is 0.